The largest absolute Gasteiger partial charge is 0.480 e. The molecule has 0 unspecified atom stereocenters. The maximum Gasteiger partial charge on any atom is 0.323 e. The maximum absolute atomic E-state index is 12.7. The number of nitrogens with zero attached hydrogens (tertiary/aromatic N) is 3. The Bertz CT molecular complexity index is 1150. The van der Waals surface area contributed by atoms with E-state index in [0.717, 1.165) is 4.42 Å². The summed E-state index contributed by atoms with van der Waals surface area (Å²) in [6.07, 6.45) is 2.98. The molecule has 0 spiro atoms. The Morgan fingerprint density at radius 2 is 1.96 bits per heavy atom. The lowest BCUT2D eigenvalue weighted by atomic mass is 10.1. The highest BCUT2D eigenvalue weighted by molar-refractivity contribution is 6.40. The van der Waals surface area contributed by atoms with Crippen molar-refractivity contribution < 1.29 is 14.7 Å². The average Bonchev–Trinajstić information content (AvgIpc) is 3.02. The van der Waals surface area contributed by atoms with Gasteiger partial charge >= 0.3 is 5.97 Å². The van der Waals surface area contributed by atoms with Crippen molar-refractivity contribution in [3.05, 3.63) is 70.9 Å². The van der Waals surface area contributed by atoms with Gasteiger partial charge in [-0.2, -0.15) is 5.26 Å². The van der Waals surface area contributed by atoms with Gasteiger partial charge in [-0.05, 0) is 30.3 Å². The van der Waals surface area contributed by atoms with Crippen molar-refractivity contribution in [3.63, 3.8) is 0 Å². The van der Waals surface area contributed by atoms with Gasteiger partial charge in [-0.1, -0.05) is 35.9 Å². The molecule has 0 radical (unpaired) electrons. The number of nitriles is 1. The molecule has 0 bridgehead atoms. The summed E-state index contributed by atoms with van der Waals surface area (Å²) in [5.74, 6) is -1.72. The monoisotopic (exact) mass is 413 g/mol. The quantitative estimate of drug-likeness (QED) is 0.379. The number of fused-ring (bicyclic) bond motifs is 1. The standard InChI is InChI=1S/C20H13Cl2N3O3/c21-15-4-3-5-16(9-15)25(22)20(28)13(10-23)8-14-11-24(12-19(26)27)18-7-2-1-6-17(14)18/h1-9,11H,12H2,(H,26,27). The number of amides is 1. The Balaban J connectivity index is 2.02. The second-order valence-electron chi connectivity index (χ2n) is 5.86. The van der Waals surface area contributed by atoms with Crippen molar-refractivity contribution in [2.24, 2.45) is 0 Å². The van der Waals surface area contributed by atoms with Crippen LogP contribution in [0, 0.1) is 11.3 Å². The number of halogens is 2. The molecule has 0 fully saturated rings. The first kappa shape index (κ1) is 19.5. The Morgan fingerprint density at radius 1 is 1.21 bits per heavy atom. The summed E-state index contributed by atoms with van der Waals surface area (Å²) < 4.78 is 2.36. The summed E-state index contributed by atoms with van der Waals surface area (Å²) in [6, 6.07) is 15.3. The molecule has 0 atom stereocenters. The molecule has 140 valence electrons. The Hall–Kier alpha value is -3.27. The van der Waals surface area contributed by atoms with Crippen LogP contribution >= 0.6 is 23.4 Å². The van der Waals surface area contributed by atoms with Crippen molar-refractivity contribution in [1.29, 1.82) is 5.26 Å². The number of hydrogen-bond acceptors (Lipinski definition) is 3. The summed E-state index contributed by atoms with van der Waals surface area (Å²) in [5.41, 5.74) is 1.35. The third-order valence-electron chi connectivity index (χ3n) is 3.99. The lowest BCUT2D eigenvalue weighted by Gasteiger charge is -2.13. The Morgan fingerprint density at radius 3 is 2.64 bits per heavy atom. The highest BCUT2D eigenvalue weighted by atomic mass is 35.5. The maximum atomic E-state index is 12.7. The molecule has 3 aromatic rings. The van der Waals surface area contributed by atoms with Crippen LogP contribution in [0.15, 0.2) is 60.3 Å². The molecule has 0 aliphatic carbocycles. The van der Waals surface area contributed by atoms with Gasteiger partial charge in [0.1, 0.15) is 18.2 Å². The van der Waals surface area contributed by atoms with Crippen LogP contribution in [0.4, 0.5) is 5.69 Å². The molecule has 2 aromatic carbocycles. The number of carbonyl (C=O) groups excluding carboxylic acids is 1. The first-order valence-corrected chi connectivity index (χ1v) is 8.79. The zero-order valence-electron chi connectivity index (χ0n) is 14.3. The first-order chi connectivity index (χ1) is 13.4. The fourth-order valence-electron chi connectivity index (χ4n) is 2.79. The SMILES string of the molecule is N#CC(=Cc1cn(CC(=O)O)c2ccccc12)C(=O)N(Cl)c1cccc(Cl)c1. The summed E-state index contributed by atoms with van der Waals surface area (Å²) in [5, 5.41) is 19.7. The van der Waals surface area contributed by atoms with Crippen LogP contribution in [0.1, 0.15) is 5.56 Å². The molecule has 8 heteroatoms. The molecule has 6 nitrogen and oxygen atoms in total. The van der Waals surface area contributed by atoms with E-state index in [-0.39, 0.29) is 12.1 Å². The zero-order valence-corrected chi connectivity index (χ0v) is 15.9. The number of carbonyl (C=O) groups is 2. The normalized spacial score (nSPS) is 11.2. The van der Waals surface area contributed by atoms with Gasteiger partial charge in [-0.15, -0.1) is 0 Å². The minimum atomic E-state index is -0.999. The van der Waals surface area contributed by atoms with Crippen LogP contribution in [0.25, 0.3) is 17.0 Å². The lowest BCUT2D eigenvalue weighted by Crippen LogP contribution is -2.21. The van der Waals surface area contributed by atoms with Gasteiger partial charge in [-0.25, -0.2) is 4.42 Å². The number of hydrogen-bond donors (Lipinski definition) is 1. The predicted molar refractivity (Wildman–Crippen MR) is 108 cm³/mol. The number of aromatic nitrogens is 1. The van der Waals surface area contributed by atoms with Crippen LogP contribution < -0.4 is 4.42 Å². The Labute approximate surface area is 170 Å². The van der Waals surface area contributed by atoms with Crippen molar-refractivity contribution in [1.82, 2.24) is 4.57 Å². The van der Waals surface area contributed by atoms with Gasteiger partial charge in [0.2, 0.25) is 0 Å². The topological polar surface area (TPSA) is 86.3 Å². The number of benzene rings is 2. The molecule has 1 N–H and O–H groups in total. The molecule has 1 heterocycles. The van der Waals surface area contributed by atoms with E-state index >= 15 is 0 Å². The molecule has 1 aromatic heterocycles. The molecule has 0 saturated heterocycles. The van der Waals surface area contributed by atoms with E-state index in [2.05, 4.69) is 0 Å². The molecule has 28 heavy (non-hydrogen) atoms. The molecule has 1 amide bonds. The minimum absolute atomic E-state index is 0.201. The van der Waals surface area contributed by atoms with E-state index in [9.17, 15) is 14.9 Å². The summed E-state index contributed by atoms with van der Waals surface area (Å²) in [4.78, 5) is 23.8. The van der Waals surface area contributed by atoms with Crippen molar-refractivity contribution >= 4 is 57.9 Å². The smallest absolute Gasteiger partial charge is 0.323 e. The molecule has 0 saturated carbocycles. The summed E-state index contributed by atoms with van der Waals surface area (Å²) in [6.45, 7) is -0.242. The van der Waals surface area contributed by atoms with Crippen molar-refractivity contribution in [2.45, 2.75) is 6.54 Å². The molecular formula is C20H13Cl2N3O3. The third kappa shape index (κ3) is 4.01. The minimum Gasteiger partial charge on any atom is -0.480 e. The van der Waals surface area contributed by atoms with Crippen molar-refractivity contribution in [2.75, 3.05) is 4.42 Å². The second kappa shape index (κ2) is 8.17. The van der Waals surface area contributed by atoms with E-state index in [4.69, 9.17) is 28.5 Å². The molecular weight excluding hydrogens is 401 g/mol. The number of aliphatic carboxylic acids is 1. The van der Waals surface area contributed by atoms with Gasteiger partial charge in [0.25, 0.3) is 5.91 Å². The van der Waals surface area contributed by atoms with Gasteiger partial charge in [0.15, 0.2) is 0 Å². The fraction of sp³-hybridized carbons (Fsp3) is 0.0500. The number of para-hydroxylation sites is 1. The lowest BCUT2D eigenvalue weighted by molar-refractivity contribution is -0.137. The third-order valence-corrected chi connectivity index (χ3v) is 4.57. The number of carboxylic acids is 1. The van der Waals surface area contributed by atoms with E-state index in [1.807, 2.05) is 6.07 Å². The predicted octanol–water partition coefficient (Wildman–Crippen LogP) is 4.47. The van der Waals surface area contributed by atoms with Crippen LogP contribution in [-0.4, -0.2) is 21.6 Å². The molecule has 0 aliphatic heterocycles. The summed E-state index contributed by atoms with van der Waals surface area (Å²) >= 11 is 12.0. The van der Waals surface area contributed by atoms with E-state index in [1.165, 1.54) is 12.1 Å². The summed E-state index contributed by atoms with van der Waals surface area (Å²) in [7, 11) is 0. The van der Waals surface area contributed by atoms with Gasteiger partial charge in [0, 0.05) is 39.5 Å². The van der Waals surface area contributed by atoms with Crippen LogP contribution in [0.2, 0.25) is 5.02 Å². The molecule has 3 rings (SSSR count). The van der Waals surface area contributed by atoms with Crippen LogP contribution in [-0.2, 0) is 16.1 Å². The van der Waals surface area contributed by atoms with Gasteiger partial charge < -0.3 is 9.67 Å². The average molecular weight is 414 g/mol. The van der Waals surface area contributed by atoms with E-state index in [0.29, 0.717) is 27.2 Å². The van der Waals surface area contributed by atoms with E-state index < -0.39 is 11.9 Å². The van der Waals surface area contributed by atoms with E-state index in [1.54, 1.807) is 53.2 Å². The molecule has 0 aliphatic rings. The number of carboxylic acid groups (broad SMARTS) is 1. The van der Waals surface area contributed by atoms with Gasteiger partial charge in [-0.3, -0.25) is 9.59 Å². The highest BCUT2D eigenvalue weighted by Crippen LogP contribution is 2.26. The highest BCUT2D eigenvalue weighted by Gasteiger charge is 2.20. The Kier molecular flexibility index (Phi) is 5.69. The number of rotatable bonds is 5. The van der Waals surface area contributed by atoms with Crippen LogP contribution in [0.3, 0.4) is 0 Å². The second-order valence-corrected chi connectivity index (χ2v) is 6.63. The van der Waals surface area contributed by atoms with Crippen LogP contribution in [0.5, 0.6) is 0 Å². The fourth-order valence-corrected chi connectivity index (χ4v) is 3.17. The zero-order chi connectivity index (χ0) is 20.3. The number of anilines is 1. The first-order valence-electron chi connectivity index (χ1n) is 8.08. The van der Waals surface area contributed by atoms with Crippen molar-refractivity contribution in [3.8, 4) is 6.07 Å². The van der Waals surface area contributed by atoms with Gasteiger partial charge in [0.05, 0.1) is 5.69 Å².